The molecule has 0 bridgehead atoms. The van der Waals surface area contributed by atoms with Crippen LogP contribution in [0, 0.1) is 10.1 Å². The number of carbonyl (C=O) groups is 1. The van der Waals surface area contributed by atoms with Crippen LogP contribution in [-0.4, -0.2) is 10.9 Å². The molecule has 3 rings (SSSR count). The summed E-state index contributed by atoms with van der Waals surface area (Å²) in [6.07, 6.45) is 0. The minimum Gasteiger partial charge on any atom is -0.455 e. The summed E-state index contributed by atoms with van der Waals surface area (Å²) in [5.41, 5.74) is 0.716. The van der Waals surface area contributed by atoms with Gasteiger partial charge in [0.05, 0.1) is 10.5 Å². The maximum atomic E-state index is 12.0. The summed E-state index contributed by atoms with van der Waals surface area (Å²) in [7, 11) is 0. The zero-order valence-corrected chi connectivity index (χ0v) is 12.4. The van der Waals surface area contributed by atoms with E-state index in [2.05, 4.69) is 0 Å². The maximum Gasteiger partial charge on any atom is 0.374 e. The maximum absolute atomic E-state index is 12.0. The second-order valence-corrected chi connectivity index (χ2v) is 5.19. The number of fused-ring (bicyclic) bond motifs is 1. The standard InChI is InChI=1S/C16H10ClNO5/c17-12-5-6-14-11(7-12)8-15(23-14)16(19)22-9-10-3-1-2-4-13(10)18(20)21/h1-8H,9H2. The number of carbonyl (C=O) groups excluding carboxylic acids is 1. The van der Waals surface area contributed by atoms with E-state index in [0.29, 0.717) is 21.6 Å². The Hall–Kier alpha value is -2.86. The molecule has 0 radical (unpaired) electrons. The van der Waals surface area contributed by atoms with Crippen LogP contribution in [0.2, 0.25) is 5.02 Å². The highest BCUT2D eigenvalue weighted by molar-refractivity contribution is 6.31. The van der Waals surface area contributed by atoms with E-state index in [9.17, 15) is 14.9 Å². The summed E-state index contributed by atoms with van der Waals surface area (Å²) in [4.78, 5) is 22.4. The van der Waals surface area contributed by atoms with Crippen molar-refractivity contribution in [1.82, 2.24) is 0 Å². The average molecular weight is 332 g/mol. The largest absolute Gasteiger partial charge is 0.455 e. The lowest BCUT2D eigenvalue weighted by molar-refractivity contribution is -0.385. The molecule has 0 N–H and O–H groups in total. The number of nitrogens with zero attached hydrogens (tertiary/aromatic N) is 1. The SMILES string of the molecule is O=C(OCc1ccccc1[N+](=O)[O-])c1cc2cc(Cl)ccc2o1. The van der Waals surface area contributed by atoms with Gasteiger partial charge in [-0.2, -0.15) is 0 Å². The lowest BCUT2D eigenvalue weighted by Crippen LogP contribution is -2.05. The molecule has 6 nitrogen and oxygen atoms in total. The van der Waals surface area contributed by atoms with E-state index >= 15 is 0 Å². The Morgan fingerprint density at radius 3 is 2.78 bits per heavy atom. The summed E-state index contributed by atoms with van der Waals surface area (Å²) in [6, 6.07) is 12.6. The second-order valence-electron chi connectivity index (χ2n) is 4.75. The summed E-state index contributed by atoms with van der Waals surface area (Å²) < 4.78 is 10.5. The van der Waals surface area contributed by atoms with Gasteiger partial charge in [0.25, 0.3) is 5.69 Å². The zero-order chi connectivity index (χ0) is 16.4. The molecule has 2 aromatic carbocycles. The fraction of sp³-hybridized carbons (Fsp3) is 0.0625. The molecule has 0 aliphatic carbocycles. The highest BCUT2D eigenvalue weighted by Gasteiger charge is 2.17. The fourth-order valence-electron chi connectivity index (χ4n) is 2.14. The molecule has 1 heterocycles. The molecular formula is C16H10ClNO5. The minimum atomic E-state index is -0.699. The zero-order valence-electron chi connectivity index (χ0n) is 11.7. The number of esters is 1. The van der Waals surface area contributed by atoms with Crippen molar-refractivity contribution < 1.29 is 18.9 Å². The number of hydrogen-bond donors (Lipinski definition) is 0. The third-order valence-electron chi connectivity index (χ3n) is 3.23. The highest BCUT2D eigenvalue weighted by Crippen LogP contribution is 2.24. The topological polar surface area (TPSA) is 82.6 Å². The van der Waals surface area contributed by atoms with Gasteiger partial charge in [0.1, 0.15) is 12.2 Å². The Bertz CT molecular complexity index is 902. The van der Waals surface area contributed by atoms with E-state index in [0.717, 1.165) is 0 Å². The summed E-state index contributed by atoms with van der Waals surface area (Å²) >= 11 is 5.87. The first kappa shape index (κ1) is 15.1. The number of hydrogen-bond acceptors (Lipinski definition) is 5. The minimum absolute atomic E-state index is 0.0147. The van der Waals surface area contributed by atoms with Gasteiger partial charge in [0.2, 0.25) is 5.76 Å². The molecule has 3 aromatic rings. The van der Waals surface area contributed by atoms with Crippen LogP contribution in [0.15, 0.2) is 52.9 Å². The third kappa shape index (κ3) is 3.17. The lowest BCUT2D eigenvalue weighted by Gasteiger charge is -2.03. The van der Waals surface area contributed by atoms with Crippen molar-refractivity contribution >= 4 is 34.2 Å². The summed E-state index contributed by atoms with van der Waals surface area (Å²) in [6.45, 7) is -0.214. The predicted octanol–water partition coefficient (Wildman–Crippen LogP) is 4.35. The predicted molar refractivity (Wildman–Crippen MR) is 83.4 cm³/mol. The van der Waals surface area contributed by atoms with Crippen LogP contribution in [0.3, 0.4) is 0 Å². The van der Waals surface area contributed by atoms with Gasteiger partial charge in [-0.3, -0.25) is 10.1 Å². The number of ether oxygens (including phenoxy) is 1. The average Bonchev–Trinajstić information content (AvgIpc) is 2.95. The number of nitro benzene ring substituents is 1. The van der Waals surface area contributed by atoms with Crippen molar-refractivity contribution in [3.63, 3.8) is 0 Å². The first-order valence-electron chi connectivity index (χ1n) is 6.63. The van der Waals surface area contributed by atoms with Gasteiger partial charge < -0.3 is 9.15 Å². The summed E-state index contributed by atoms with van der Waals surface area (Å²) in [5, 5.41) is 12.1. The summed E-state index contributed by atoms with van der Waals surface area (Å²) in [5.74, 6) is -0.684. The van der Waals surface area contributed by atoms with Crippen molar-refractivity contribution in [2.75, 3.05) is 0 Å². The molecule has 23 heavy (non-hydrogen) atoms. The molecule has 0 spiro atoms. The molecule has 7 heteroatoms. The Balaban J connectivity index is 1.77. The second kappa shape index (κ2) is 6.10. The van der Waals surface area contributed by atoms with Gasteiger partial charge in [-0.05, 0) is 30.3 Å². The molecule has 116 valence electrons. The smallest absolute Gasteiger partial charge is 0.374 e. The molecule has 0 aliphatic heterocycles. The van der Waals surface area contributed by atoms with Gasteiger partial charge in [0, 0.05) is 16.5 Å². The first-order chi connectivity index (χ1) is 11.0. The highest BCUT2D eigenvalue weighted by atomic mass is 35.5. The molecule has 0 saturated heterocycles. The molecule has 0 unspecified atom stereocenters. The van der Waals surface area contributed by atoms with Gasteiger partial charge in [-0.25, -0.2) is 4.79 Å². The quantitative estimate of drug-likeness (QED) is 0.403. The van der Waals surface area contributed by atoms with Crippen LogP contribution >= 0.6 is 11.6 Å². The Morgan fingerprint density at radius 1 is 1.22 bits per heavy atom. The molecule has 0 saturated carbocycles. The molecule has 0 amide bonds. The van der Waals surface area contributed by atoms with E-state index in [1.54, 1.807) is 30.3 Å². The van der Waals surface area contributed by atoms with Crippen molar-refractivity contribution in [2.45, 2.75) is 6.61 Å². The van der Waals surface area contributed by atoms with Gasteiger partial charge in [-0.15, -0.1) is 0 Å². The lowest BCUT2D eigenvalue weighted by atomic mass is 10.2. The molecular weight excluding hydrogens is 322 g/mol. The van der Waals surface area contributed by atoms with E-state index in [4.69, 9.17) is 20.8 Å². The number of halogens is 1. The van der Waals surface area contributed by atoms with E-state index < -0.39 is 10.9 Å². The monoisotopic (exact) mass is 331 g/mol. The number of furan rings is 1. The van der Waals surface area contributed by atoms with E-state index in [1.165, 1.54) is 18.2 Å². The van der Waals surface area contributed by atoms with E-state index in [1.807, 2.05) is 0 Å². The Labute approximate surface area is 135 Å². The molecule has 1 aromatic heterocycles. The van der Waals surface area contributed by atoms with Crippen LogP contribution in [0.25, 0.3) is 11.0 Å². The fourth-order valence-corrected chi connectivity index (χ4v) is 2.32. The number of rotatable bonds is 4. The van der Waals surface area contributed by atoms with Crippen molar-refractivity contribution in [3.8, 4) is 0 Å². The molecule has 0 fully saturated rings. The van der Waals surface area contributed by atoms with Gasteiger partial charge in [-0.1, -0.05) is 23.7 Å². The number of benzene rings is 2. The third-order valence-corrected chi connectivity index (χ3v) is 3.46. The van der Waals surface area contributed by atoms with Crippen LogP contribution < -0.4 is 0 Å². The van der Waals surface area contributed by atoms with E-state index in [-0.39, 0.29) is 18.1 Å². The van der Waals surface area contributed by atoms with Crippen molar-refractivity contribution in [2.24, 2.45) is 0 Å². The Morgan fingerprint density at radius 2 is 2.00 bits per heavy atom. The number of para-hydroxylation sites is 1. The van der Waals surface area contributed by atoms with Gasteiger partial charge >= 0.3 is 5.97 Å². The van der Waals surface area contributed by atoms with Crippen LogP contribution in [0.1, 0.15) is 16.1 Å². The van der Waals surface area contributed by atoms with Crippen molar-refractivity contribution in [1.29, 1.82) is 0 Å². The van der Waals surface area contributed by atoms with Crippen LogP contribution in [0.4, 0.5) is 5.69 Å². The van der Waals surface area contributed by atoms with Crippen LogP contribution in [0.5, 0.6) is 0 Å². The van der Waals surface area contributed by atoms with Crippen LogP contribution in [-0.2, 0) is 11.3 Å². The molecule has 0 atom stereocenters. The normalized spacial score (nSPS) is 10.7. The first-order valence-corrected chi connectivity index (χ1v) is 7.01. The Kier molecular flexibility index (Phi) is 3.99. The van der Waals surface area contributed by atoms with Gasteiger partial charge in [0.15, 0.2) is 0 Å². The van der Waals surface area contributed by atoms with Crippen molar-refractivity contribution in [3.05, 3.63) is 75.0 Å². The number of nitro groups is 1. The molecule has 0 aliphatic rings.